The molecule has 2 heterocycles. The van der Waals surface area contributed by atoms with E-state index in [4.69, 9.17) is 21.1 Å². The van der Waals surface area contributed by atoms with E-state index in [1.165, 1.54) is 17.7 Å². The Kier molecular flexibility index (Phi) is 6.32. The second-order valence-corrected chi connectivity index (χ2v) is 7.97. The van der Waals surface area contributed by atoms with Gasteiger partial charge in [0.25, 0.3) is 17.2 Å². The molecule has 0 fully saturated rings. The van der Waals surface area contributed by atoms with Crippen molar-refractivity contribution >= 4 is 29.0 Å². The molecule has 9 nitrogen and oxygen atoms in total. The first-order valence-corrected chi connectivity index (χ1v) is 10.6. The Balaban J connectivity index is 1.56. The van der Waals surface area contributed by atoms with Crippen LogP contribution < -0.4 is 20.3 Å². The van der Waals surface area contributed by atoms with Crippen molar-refractivity contribution in [3.05, 3.63) is 81.5 Å². The number of aromatic nitrogens is 4. The van der Waals surface area contributed by atoms with Crippen molar-refractivity contribution in [1.29, 1.82) is 0 Å². The van der Waals surface area contributed by atoms with Crippen molar-refractivity contribution in [2.45, 2.75) is 26.5 Å². The lowest BCUT2D eigenvalue weighted by molar-refractivity contribution is 0.102. The molecule has 0 spiro atoms. The molecule has 1 N–H and O–H groups in total. The fraction of sp³-hybridized carbons (Fsp3) is 0.217. The number of nitrogens with one attached hydrogen (secondary N) is 1. The van der Waals surface area contributed by atoms with Gasteiger partial charge in [-0.05, 0) is 50.2 Å². The molecule has 2 aromatic heterocycles. The summed E-state index contributed by atoms with van der Waals surface area (Å²) in [5.74, 6) is 0.888. The van der Waals surface area contributed by atoms with Gasteiger partial charge in [0.2, 0.25) is 0 Å². The van der Waals surface area contributed by atoms with E-state index in [2.05, 4.69) is 15.3 Å². The van der Waals surface area contributed by atoms with Crippen LogP contribution in [0.1, 0.15) is 35.9 Å². The molecule has 0 aliphatic carbocycles. The van der Waals surface area contributed by atoms with Crippen LogP contribution >= 0.6 is 11.6 Å². The quantitative estimate of drug-likeness (QED) is 0.441. The van der Waals surface area contributed by atoms with Gasteiger partial charge in [-0.2, -0.15) is 9.50 Å². The SMILES string of the molecule is COc1cccc(C(=O)Nc2cc(Cl)ccc2OCc2cc(=O)n3c(ncn3C(C)C)n2)c1. The van der Waals surface area contributed by atoms with E-state index >= 15 is 0 Å². The number of rotatable bonds is 7. The van der Waals surface area contributed by atoms with E-state index in [0.717, 1.165) is 0 Å². The summed E-state index contributed by atoms with van der Waals surface area (Å²) in [4.78, 5) is 33.9. The highest BCUT2D eigenvalue weighted by molar-refractivity contribution is 6.31. The molecule has 0 bridgehead atoms. The predicted octanol–water partition coefficient (Wildman–Crippen LogP) is 3.97. The molecular formula is C23H22ClN5O4. The number of benzene rings is 2. The summed E-state index contributed by atoms with van der Waals surface area (Å²) in [6.07, 6.45) is 1.57. The average Bonchev–Trinajstić information content (AvgIpc) is 3.23. The number of ether oxygens (including phenoxy) is 2. The molecule has 4 aromatic rings. The molecule has 0 unspecified atom stereocenters. The zero-order valence-corrected chi connectivity index (χ0v) is 19.0. The predicted molar refractivity (Wildman–Crippen MR) is 124 cm³/mol. The Morgan fingerprint density at radius 2 is 2.00 bits per heavy atom. The number of anilines is 1. The number of hydrogen-bond donors (Lipinski definition) is 1. The Hall–Kier alpha value is -3.85. The summed E-state index contributed by atoms with van der Waals surface area (Å²) in [5, 5.41) is 3.24. The molecule has 1 amide bonds. The lowest BCUT2D eigenvalue weighted by Gasteiger charge is -2.13. The second kappa shape index (κ2) is 9.33. The molecule has 0 aliphatic heterocycles. The van der Waals surface area contributed by atoms with Crippen LogP contribution in [-0.4, -0.2) is 32.2 Å². The zero-order chi connectivity index (χ0) is 23.5. The minimum Gasteiger partial charge on any atom is -0.497 e. The van der Waals surface area contributed by atoms with Gasteiger partial charge in [0, 0.05) is 22.7 Å². The Labute approximate surface area is 194 Å². The van der Waals surface area contributed by atoms with E-state index in [1.54, 1.807) is 53.5 Å². The molecular weight excluding hydrogens is 446 g/mol. The molecule has 33 heavy (non-hydrogen) atoms. The van der Waals surface area contributed by atoms with Crippen LogP contribution in [0.2, 0.25) is 5.02 Å². The number of hydrogen-bond acceptors (Lipinski definition) is 6. The molecule has 2 aromatic carbocycles. The number of nitrogens with zero attached hydrogens (tertiary/aromatic N) is 4. The third-order valence-electron chi connectivity index (χ3n) is 4.88. The number of fused-ring (bicyclic) bond motifs is 1. The van der Waals surface area contributed by atoms with E-state index in [-0.39, 0.29) is 29.9 Å². The van der Waals surface area contributed by atoms with Crippen LogP contribution in [0, 0.1) is 0 Å². The second-order valence-electron chi connectivity index (χ2n) is 7.53. The zero-order valence-electron chi connectivity index (χ0n) is 18.3. The van der Waals surface area contributed by atoms with Crippen LogP contribution in [-0.2, 0) is 6.61 Å². The van der Waals surface area contributed by atoms with E-state index < -0.39 is 0 Å². The third-order valence-corrected chi connectivity index (χ3v) is 5.12. The van der Waals surface area contributed by atoms with Crippen molar-refractivity contribution in [2.75, 3.05) is 12.4 Å². The maximum atomic E-state index is 12.7. The van der Waals surface area contributed by atoms with Crippen molar-refractivity contribution in [1.82, 2.24) is 19.2 Å². The van der Waals surface area contributed by atoms with Crippen molar-refractivity contribution < 1.29 is 14.3 Å². The first-order chi connectivity index (χ1) is 15.9. The van der Waals surface area contributed by atoms with E-state index in [1.807, 2.05) is 13.8 Å². The number of methoxy groups -OCH3 is 1. The molecule has 0 aliphatic rings. The highest BCUT2D eigenvalue weighted by atomic mass is 35.5. The molecule has 0 radical (unpaired) electrons. The van der Waals surface area contributed by atoms with Gasteiger partial charge in [-0.1, -0.05) is 17.7 Å². The minimum atomic E-state index is -0.349. The van der Waals surface area contributed by atoms with Crippen LogP contribution in [0.3, 0.4) is 0 Å². The van der Waals surface area contributed by atoms with Crippen LogP contribution in [0.15, 0.2) is 59.7 Å². The Morgan fingerprint density at radius 3 is 2.76 bits per heavy atom. The highest BCUT2D eigenvalue weighted by Crippen LogP contribution is 2.29. The van der Waals surface area contributed by atoms with Gasteiger partial charge >= 0.3 is 0 Å². The summed E-state index contributed by atoms with van der Waals surface area (Å²) < 4.78 is 14.2. The molecule has 10 heteroatoms. The van der Waals surface area contributed by atoms with Gasteiger partial charge in [0.05, 0.1) is 18.5 Å². The molecule has 0 atom stereocenters. The van der Waals surface area contributed by atoms with Crippen LogP contribution in [0.4, 0.5) is 5.69 Å². The smallest absolute Gasteiger partial charge is 0.274 e. The number of carbonyl (C=O) groups excluding carboxylic acids is 1. The third kappa shape index (κ3) is 4.83. The Morgan fingerprint density at radius 1 is 1.18 bits per heavy atom. The standard InChI is InChI=1S/C23H22ClN5O4/c1-14(2)28-13-25-23-26-17(11-21(30)29(23)28)12-33-20-8-7-16(24)10-19(20)27-22(31)15-5-4-6-18(9-15)32-3/h4-11,13-14H,12H2,1-3H3,(H,27,31). The summed E-state index contributed by atoms with van der Waals surface area (Å²) in [5.41, 5.74) is 0.958. The number of halogens is 1. The lowest BCUT2D eigenvalue weighted by atomic mass is 10.2. The molecule has 4 rings (SSSR count). The van der Waals surface area contributed by atoms with Crippen molar-refractivity contribution in [3.8, 4) is 11.5 Å². The Bertz CT molecular complexity index is 1380. The van der Waals surface area contributed by atoms with Crippen LogP contribution in [0.25, 0.3) is 5.78 Å². The number of amides is 1. The summed E-state index contributed by atoms with van der Waals surface area (Å²) in [6, 6.07) is 13.1. The van der Waals surface area contributed by atoms with E-state index in [0.29, 0.717) is 33.5 Å². The van der Waals surface area contributed by atoms with Gasteiger partial charge in [0.1, 0.15) is 24.4 Å². The topological polar surface area (TPSA) is 99.7 Å². The number of carbonyl (C=O) groups is 1. The van der Waals surface area contributed by atoms with Crippen molar-refractivity contribution in [3.63, 3.8) is 0 Å². The maximum Gasteiger partial charge on any atom is 0.274 e. The summed E-state index contributed by atoms with van der Waals surface area (Å²) in [6.45, 7) is 3.91. The fourth-order valence-electron chi connectivity index (χ4n) is 3.25. The monoisotopic (exact) mass is 467 g/mol. The molecule has 0 saturated heterocycles. The first kappa shape index (κ1) is 22.3. The molecule has 170 valence electrons. The van der Waals surface area contributed by atoms with Gasteiger partial charge in [0.15, 0.2) is 0 Å². The summed E-state index contributed by atoms with van der Waals surface area (Å²) >= 11 is 6.13. The molecule has 0 saturated carbocycles. The van der Waals surface area contributed by atoms with Crippen molar-refractivity contribution in [2.24, 2.45) is 0 Å². The van der Waals surface area contributed by atoms with Gasteiger partial charge in [-0.15, -0.1) is 0 Å². The normalized spacial score (nSPS) is 11.1. The van der Waals surface area contributed by atoms with E-state index in [9.17, 15) is 9.59 Å². The largest absolute Gasteiger partial charge is 0.497 e. The van der Waals surface area contributed by atoms with Gasteiger partial charge in [-0.25, -0.2) is 4.98 Å². The highest BCUT2D eigenvalue weighted by Gasteiger charge is 2.14. The maximum absolute atomic E-state index is 12.7. The lowest BCUT2D eigenvalue weighted by Crippen LogP contribution is -2.23. The minimum absolute atomic E-state index is 0.00391. The van der Waals surface area contributed by atoms with Gasteiger partial charge in [-0.3, -0.25) is 14.3 Å². The fourth-order valence-corrected chi connectivity index (χ4v) is 3.42. The van der Waals surface area contributed by atoms with Gasteiger partial charge < -0.3 is 14.8 Å². The summed E-state index contributed by atoms with van der Waals surface area (Å²) in [7, 11) is 1.53. The van der Waals surface area contributed by atoms with Crippen LogP contribution in [0.5, 0.6) is 11.5 Å². The average molecular weight is 468 g/mol. The first-order valence-electron chi connectivity index (χ1n) is 10.2.